The van der Waals surface area contributed by atoms with E-state index in [2.05, 4.69) is 12.1 Å². The van der Waals surface area contributed by atoms with Crippen molar-refractivity contribution in [3.05, 3.63) is 46.3 Å². The molecule has 2 aliphatic rings. The zero-order valence-electron chi connectivity index (χ0n) is 15.8. The minimum atomic E-state index is -0.451. The van der Waals surface area contributed by atoms with Crippen LogP contribution in [0.3, 0.4) is 0 Å². The number of hydrogen-bond donors (Lipinski definition) is 0. The lowest BCUT2D eigenvalue weighted by molar-refractivity contribution is -0.140. The molecule has 28 heavy (non-hydrogen) atoms. The molecular weight excluding hydrogens is 376 g/mol. The summed E-state index contributed by atoms with van der Waals surface area (Å²) in [4.78, 5) is 41.2. The molecule has 4 rings (SSSR count). The standard InChI is InChI=1S/C21H22N2O4S/c1-14(24)22-8-10-23(11-9-22)19(25)13-27-21(26)18-12-16-7-6-15-4-2-3-5-17(15)20(16)28-18/h2-5,12H,6-11,13H2,1H3. The van der Waals surface area contributed by atoms with Crippen molar-refractivity contribution in [1.29, 1.82) is 0 Å². The van der Waals surface area contributed by atoms with Crippen molar-refractivity contribution in [2.45, 2.75) is 19.8 Å². The smallest absolute Gasteiger partial charge is 0.348 e. The van der Waals surface area contributed by atoms with Crippen molar-refractivity contribution in [3.63, 3.8) is 0 Å². The lowest BCUT2D eigenvalue weighted by Crippen LogP contribution is -2.51. The van der Waals surface area contributed by atoms with Gasteiger partial charge in [-0.3, -0.25) is 9.59 Å². The number of carbonyl (C=O) groups is 3. The number of fused-ring (bicyclic) bond motifs is 3. The van der Waals surface area contributed by atoms with Gasteiger partial charge >= 0.3 is 5.97 Å². The van der Waals surface area contributed by atoms with Gasteiger partial charge in [0.2, 0.25) is 5.91 Å². The highest BCUT2D eigenvalue weighted by Crippen LogP contribution is 2.39. The summed E-state index contributed by atoms with van der Waals surface area (Å²) in [5.74, 6) is -0.655. The largest absolute Gasteiger partial charge is 0.451 e. The van der Waals surface area contributed by atoms with Crippen LogP contribution < -0.4 is 0 Å². The third-order valence-electron chi connectivity index (χ3n) is 5.34. The molecule has 2 heterocycles. The Bertz CT molecular complexity index is 928. The van der Waals surface area contributed by atoms with Crippen LogP contribution in [0.5, 0.6) is 0 Å². The van der Waals surface area contributed by atoms with E-state index in [0.29, 0.717) is 31.1 Å². The van der Waals surface area contributed by atoms with Crippen LogP contribution in [0.15, 0.2) is 30.3 Å². The van der Waals surface area contributed by atoms with Crippen LogP contribution in [0.25, 0.3) is 10.4 Å². The third kappa shape index (κ3) is 3.67. The Balaban J connectivity index is 1.36. The van der Waals surface area contributed by atoms with Crippen LogP contribution in [0.2, 0.25) is 0 Å². The third-order valence-corrected chi connectivity index (χ3v) is 6.53. The molecule has 0 bridgehead atoms. The molecule has 146 valence electrons. The molecule has 0 saturated carbocycles. The molecule has 1 aromatic heterocycles. The van der Waals surface area contributed by atoms with Crippen molar-refractivity contribution in [2.75, 3.05) is 32.8 Å². The SMILES string of the molecule is CC(=O)N1CCN(C(=O)COC(=O)c2cc3c(s2)-c2ccccc2CC3)CC1. The predicted octanol–water partition coefficient (Wildman–Crippen LogP) is 2.36. The molecule has 1 saturated heterocycles. The number of nitrogens with zero attached hydrogens (tertiary/aromatic N) is 2. The molecule has 1 aliphatic carbocycles. The molecule has 2 amide bonds. The second kappa shape index (κ2) is 7.75. The number of rotatable bonds is 3. The van der Waals surface area contributed by atoms with Crippen LogP contribution in [-0.2, 0) is 27.2 Å². The second-order valence-electron chi connectivity index (χ2n) is 7.09. The fourth-order valence-electron chi connectivity index (χ4n) is 3.73. The number of piperazine rings is 1. The first-order valence-corrected chi connectivity index (χ1v) is 10.3. The summed E-state index contributed by atoms with van der Waals surface area (Å²) in [5, 5.41) is 0. The number of esters is 1. The molecule has 0 spiro atoms. The predicted molar refractivity (Wildman–Crippen MR) is 106 cm³/mol. The van der Waals surface area contributed by atoms with Gasteiger partial charge in [-0.05, 0) is 35.6 Å². The summed E-state index contributed by atoms with van der Waals surface area (Å²) in [6.45, 7) is 3.24. The van der Waals surface area contributed by atoms with E-state index in [0.717, 1.165) is 17.7 Å². The van der Waals surface area contributed by atoms with E-state index in [-0.39, 0.29) is 18.4 Å². The quantitative estimate of drug-likeness (QED) is 0.745. The number of hydrogen-bond acceptors (Lipinski definition) is 5. The number of amides is 2. The molecule has 1 aromatic carbocycles. The number of ether oxygens (including phenoxy) is 1. The van der Waals surface area contributed by atoms with Gasteiger partial charge in [-0.25, -0.2) is 4.79 Å². The van der Waals surface area contributed by atoms with Gasteiger partial charge in [0, 0.05) is 38.0 Å². The van der Waals surface area contributed by atoms with Gasteiger partial charge in [-0.1, -0.05) is 24.3 Å². The first kappa shape index (κ1) is 18.7. The summed E-state index contributed by atoms with van der Waals surface area (Å²) in [7, 11) is 0. The topological polar surface area (TPSA) is 66.9 Å². The fraction of sp³-hybridized carbons (Fsp3) is 0.381. The highest BCUT2D eigenvalue weighted by atomic mass is 32.1. The molecule has 0 radical (unpaired) electrons. The van der Waals surface area contributed by atoms with Crippen LogP contribution >= 0.6 is 11.3 Å². The molecule has 0 atom stereocenters. The Kier molecular flexibility index (Phi) is 5.17. The summed E-state index contributed by atoms with van der Waals surface area (Å²) < 4.78 is 5.28. The lowest BCUT2D eigenvalue weighted by atomic mass is 9.91. The highest BCUT2D eigenvalue weighted by Gasteiger charge is 2.25. The highest BCUT2D eigenvalue weighted by molar-refractivity contribution is 7.17. The van der Waals surface area contributed by atoms with Gasteiger partial charge in [0.1, 0.15) is 4.88 Å². The Labute approximate surface area is 167 Å². The summed E-state index contributed by atoms with van der Waals surface area (Å²) in [6.07, 6.45) is 1.88. The maximum Gasteiger partial charge on any atom is 0.348 e. The normalized spacial score (nSPS) is 15.6. The Morgan fingerprint density at radius 2 is 1.68 bits per heavy atom. The van der Waals surface area contributed by atoms with Crippen molar-refractivity contribution >= 4 is 29.1 Å². The van der Waals surface area contributed by atoms with E-state index in [1.54, 1.807) is 9.80 Å². The summed E-state index contributed by atoms with van der Waals surface area (Å²) in [6, 6.07) is 10.2. The van der Waals surface area contributed by atoms with Crippen molar-refractivity contribution in [2.24, 2.45) is 0 Å². The van der Waals surface area contributed by atoms with Gasteiger partial charge in [0.25, 0.3) is 5.91 Å². The van der Waals surface area contributed by atoms with E-state index in [1.165, 1.54) is 35.0 Å². The van der Waals surface area contributed by atoms with E-state index in [9.17, 15) is 14.4 Å². The Hall–Kier alpha value is -2.67. The van der Waals surface area contributed by atoms with Gasteiger partial charge in [0.15, 0.2) is 6.61 Å². The minimum Gasteiger partial charge on any atom is -0.451 e. The monoisotopic (exact) mass is 398 g/mol. The first-order chi connectivity index (χ1) is 13.5. The average molecular weight is 398 g/mol. The maximum absolute atomic E-state index is 12.5. The number of carbonyl (C=O) groups excluding carboxylic acids is 3. The van der Waals surface area contributed by atoms with Gasteiger partial charge in [-0.2, -0.15) is 0 Å². The van der Waals surface area contributed by atoms with Gasteiger partial charge in [0.05, 0.1) is 0 Å². The number of benzene rings is 1. The fourth-order valence-corrected chi connectivity index (χ4v) is 4.90. The molecule has 2 aromatic rings. The van der Waals surface area contributed by atoms with Crippen LogP contribution in [0.1, 0.15) is 27.7 Å². The Morgan fingerprint density at radius 1 is 1.00 bits per heavy atom. The van der Waals surface area contributed by atoms with Gasteiger partial charge in [-0.15, -0.1) is 11.3 Å². The molecule has 0 N–H and O–H groups in total. The van der Waals surface area contributed by atoms with E-state index in [4.69, 9.17) is 4.74 Å². The average Bonchev–Trinajstić information content (AvgIpc) is 3.17. The second-order valence-corrected chi connectivity index (χ2v) is 8.14. The maximum atomic E-state index is 12.5. The lowest BCUT2D eigenvalue weighted by Gasteiger charge is -2.34. The minimum absolute atomic E-state index is 0.0155. The molecule has 7 heteroatoms. The van der Waals surface area contributed by atoms with E-state index in [1.807, 2.05) is 18.2 Å². The molecule has 1 fully saturated rings. The molecule has 0 unspecified atom stereocenters. The Morgan fingerprint density at radius 3 is 2.43 bits per heavy atom. The van der Waals surface area contributed by atoms with Crippen LogP contribution in [-0.4, -0.2) is 60.4 Å². The summed E-state index contributed by atoms with van der Waals surface area (Å²) in [5.41, 5.74) is 3.66. The van der Waals surface area contributed by atoms with Crippen molar-refractivity contribution in [3.8, 4) is 10.4 Å². The van der Waals surface area contributed by atoms with Crippen LogP contribution in [0.4, 0.5) is 0 Å². The van der Waals surface area contributed by atoms with Crippen LogP contribution in [0, 0.1) is 0 Å². The first-order valence-electron chi connectivity index (χ1n) is 9.44. The summed E-state index contributed by atoms with van der Waals surface area (Å²) >= 11 is 1.43. The van der Waals surface area contributed by atoms with Crippen molar-refractivity contribution in [1.82, 2.24) is 9.80 Å². The zero-order valence-corrected chi connectivity index (χ0v) is 16.6. The molecular formula is C21H22N2O4S. The number of aryl methyl sites for hydroxylation is 2. The zero-order chi connectivity index (χ0) is 19.7. The van der Waals surface area contributed by atoms with Crippen molar-refractivity contribution < 1.29 is 19.1 Å². The van der Waals surface area contributed by atoms with E-state index < -0.39 is 5.97 Å². The molecule has 6 nitrogen and oxygen atoms in total. The number of thiophene rings is 1. The van der Waals surface area contributed by atoms with E-state index >= 15 is 0 Å². The molecule has 1 aliphatic heterocycles. The van der Waals surface area contributed by atoms with Gasteiger partial charge < -0.3 is 14.5 Å².